The summed E-state index contributed by atoms with van der Waals surface area (Å²) in [5.41, 5.74) is 7.09. The molecule has 0 heterocycles. The molecule has 0 saturated heterocycles. The molecule has 3 N–H and O–H groups in total. The number of hydrogen-bond acceptors (Lipinski definition) is 3. The van der Waals surface area contributed by atoms with Gasteiger partial charge in [-0.15, -0.1) is 0 Å². The molecule has 0 aromatic heterocycles. The topological polar surface area (TPSA) is 78.4 Å². The van der Waals surface area contributed by atoms with E-state index in [2.05, 4.69) is 17.8 Å². The molecule has 0 aliphatic rings. The van der Waals surface area contributed by atoms with E-state index in [1.807, 2.05) is 24.3 Å². The number of nitrogens with one attached hydrogen (secondary N) is 2. The lowest BCUT2D eigenvalue weighted by Gasteiger charge is -2.08. The summed E-state index contributed by atoms with van der Waals surface area (Å²) in [5.74, 6) is -0.965. The minimum atomic E-state index is -0.552. The van der Waals surface area contributed by atoms with Crippen molar-refractivity contribution in [1.29, 1.82) is 0 Å². The summed E-state index contributed by atoms with van der Waals surface area (Å²) in [6, 6.07) is 14.3. The van der Waals surface area contributed by atoms with Crippen molar-refractivity contribution in [1.82, 2.24) is 10.9 Å². The minimum absolute atomic E-state index is 0.114. The van der Waals surface area contributed by atoms with Crippen LogP contribution in [0.25, 0.3) is 0 Å². The van der Waals surface area contributed by atoms with E-state index < -0.39 is 5.91 Å². The Morgan fingerprint density at radius 1 is 0.957 bits per heavy atom. The van der Waals surface area contributed by atoms with Gasteiger partial charge in [0, 0.05) is 6.42 Å². The number of phenols is 1. The Morgan fingerprint density at radius 2 is 1.61 bits per heavy atom. The average molecular weight is 312 g/mol. The maximum Gasteiger partial charge on any atom is 0.273 e. The third-order valence-corrected chi connectivity index (χ3v) is 3.54. The number of hydrazine groups is 1. The van der Waals surface area contributed by atoms with Crippen LogP contribution in [0.2, 0.25) is 0 Å². The summed E-state index contributed by atoms with van der Waals surface area (Å²) in [7, 11) is 0. The molecule has 0 aliphatic carbocycles. The van der Waals surface area contributed by atoms with Crippen LogP contribution in [0.4, 0.5) is 0 Å². The van der Waals surface area contributed by atoms with Crippen molar-refractivity contribution in [3.63, 3.8) is 0 Å². The van der Waals surface area contributed by atoms with Crippen molar-refractivity contribution in [3.05, 3.63) is 65.2 Å². The predicted molar refractivity (Wildman–Crippen MR) is 87.9 cm³/mol. The average Bonchev–Trinajstić information content (AvgIpc) is 2.58. The van der Waals surface area contributed by atoms with Gasteiger partial charge in [-0.3, -0.25) is 20.4 Å². The molecule has 0 atom stereocenters. The maximum absolute atomic E-state index is 11.8. The van der Waals surface area contributed by atoms with Gasteiger partial charge in [0.2, 0.25) is 5.91 Å². The fourth-order valence-corrected chi connectivity index (χ4v) is 2.12. The van der Waals surface area contributed by atoms with Crippen LogP contribution in [0.3, 0.4) is 0 Å². The van der Waals surface area contributed by atoms with E-state index in [0.29, 0.717) is 6.42 Å². The van der Waals surface area contributed by atoms with E-state index in [1.54, 1.807) is 12.1 Å². The van der Waals surface area contributed by atoms with Gasteiger partial charge < -0.3 is 5.11 Å². The van der Waals surface area contributed by atoms with Crippen LogP contribution in [0.1, 0.15) is 34.8 Å². The molecular weight excluding hydrogens is 292 g/mol. The molecule has 5 nitrogen and oxygen atoms in total. The lowest BCUT2D eigenvalue weighted by Crippen LogP contribution is -2.41. The van der Waals surface area contributed by atoms with Crippen LogP contribution in [-0.4, -0.2) is 16.9 Å². The van der Waals surface area contributed by atoms with E-state index in [9.17, 15) is 14.7 Å². The zero-order valence-electron chi connectivity index (χ0n) is 13.0. The Bertz CT molecular complexity index is 681. The second kappa shape index (κ2) is 7.98. The highest BCUT2D eigenvalue weighted by molar-refractivity contribution is 5.97. The van der Waals surface area contributed by atoms with Gasteiger partial charge in [0.25, 0.3) is 5.91 Å². The second-order valence-electron chi connectivity index (χ2n) is 5.19. The van der Waals surface area contributed by atoms with Crippen molar-refractivity contribution < 1.29 is 14.7 Å². The Labute approximate surface area is 135 Å². The first kappa shape index (κ1) is 16.5. The highest BCUT2D eigenvalue weighted by atomic mass is 16.3. The summed E-state index contributed by atoms with van der Waals surface area (Å²) in [4.78, 5) is 23.6. The van der Waals surface area contributed by atoms with Crippen molar-refractivity contribution >= 4 is 11.8 Å². The van der Waals surface area contributed by atoms with Gasteiger partial charge in [0.05, 0.1) is 5.56 Å². The highest BCUT2D eigenvalue weighted by Crippen LogP contribution is 2.14. The fourth-order valence-electron chi connectivity index (χ4n) is 2.12. The van der Waals surface area contributed by atoms with Gasteiger partial charge in [0.1, 0.15) is 5.75 Å². The number of para-hydroxylation sites is 1. The number of rotatable bonds is 5. The number of benzene rings is 2. The number of hydrogen-bond donors (Lipinski definition) is 3. The molecule has 0 radical (unpaired) electrons. The molecule has 0 spiro atoms. The molecule has 0 bridgehead atoms. The molecule has 2 aromatic carbocycles. The quantitative estimate of drug-likeness (QED) is 0.742. The van der Waals surface area contributed by atoms with Crippen LogP contribution in [-0.2, 0) is 17.6 Å². The van der Waals surface area contributed by atoms with Crippen molar-refractivity contribution in [3.8, 4) is 5.75 Å². The minimum Gasteiger partial charge on any atom is -0.507 e. The summed E-state index contributed by atoms with van der Waals surface area (Å²) >= 11 is 0. The first-order chi connectivity index (χ1) is 11.1. The molecule has 0 aliphatic heterocycles. The zero-order chi connectivity index (χ0) is 16.7. The van der Waals surface area contributed by atoms with Crippen LogP contribution in [0.15, 0.2) is 48.5 Å². The van der Waals surface area contributed by atoms with Crippen LogP contribution >= 0.6 is 0 Å². The normalized spacial score (nSPS) is 10.1. The largest absolute Gasteiger partial charge is 0.507 e. The molecule has 0 saturated carbocycles. The Morgan fingerprint density at radius 3 is 2.26 bits per heavy atom. The number of carbonyl (C=O) groups is 2. The van der Waals surface area contributed by atoms with Gasteiger partial charge in [-0.2, -0.15) is 0 Å². The summed E-state index contributed by atoms with van der Waals surface area (Å²) in [6.45, 7) is 2.09. The molecule has 2 aromatic rings. The maximum atomic E-state index is 11.8. The van der Waals surface area contributed by atoms with E-state index in [4.69, 9.17) is 0 Å². The molecule has 0 fully saturated rings. The Hall–Kier alpha value is -2.82. The van der Waals surface area contributed by atoms with Gasteiger partial charge in [-0.25, -0.2) is 0 Å². The second-order valence-corrected chi connectivity index (χ2v) is 5.19. The predicted octanol–water partition coefficient (Wildman–Crippen LogP) is 2.35. The smallest absolute Gasteiger partial charge is 0.273 e. The number of phenolic OH excluding ortho intramolecular Hbond substituents is 1. The summed E-state index contributed by atoms with van der Waals surface area (Å²) < 4.78 is 0. The molecule has 23 heavy (non-hydrogen) atoms. The van der Waals surface area contributed by atoms with E-state index >= 15 is 0 Å². The summed E-state index contributed by atoms with van der Waals surface area (Å²) in [5, 5.41) is 9.57. The monoisotopic (exact) mass is 312 g/mol. The van der Waals surface area contributed by atoms with Crippen molar-refractivity contribution in [2.24, 2.45) is 0 Å². The van der Waals surface area contributed by atoms with Gasteiger partial charge in [-0.1, -0.05) is 43.3 Å². The van der Waals surface area contributed by atoms with E-state index in [0.717, 1.165) is 12.0 Å². The highest BCUT2D eigenvalue weighted by Gasteiger charge is 2.11. The van der Waals surface area contributed by atoms with Crippen molar-refractivity contribution in [2.75, 3.05) is 0 Å². The van der Waals surface area contributed by atoms with Crippen molar-refractivity contribution in [2.45, 2.75) is 26.2 Å². The number of carbonyl (C=O) groups excluding carboxylic acids is 2. The third-order valence-electron chi connectivity index (χ3n) is 3.54. The SMILES string of the molecule is CCc1ccc(CCC(=O)NNC(=O)c2ccccc2O)cc1. The summed E-state index contributed by atoms with van der Waals surface area (Å²) in [6.07, 6.45) is 1.86. The van der Waals surface area contributed by atoms with Gasteiger partial charge >= 0.3 is 0 Å². The molecule has 2 rings (SSSR count). The van der Waals surface area contributed by atoms with E-state index in [-0.39, 0.29) is 23.6 Å². The molecule has 0 unspecified atom stereocenters. The first-order valence-electron chi connectivity index (χ1n) is 7.55. The third kappa shape index (κ3) is 4.85. The Balaban J connectivity index is 1.78. The Kier molecular flexibility index (Phi) is 5.74. The standard InChI is InChI=1S/C18H20N2O3/c1-2-13-7-9-14(10-8-13)11-12-17(22)19-20-18(23)15-5-3-4-6-16(15)21/h3-10,21H,2,11-12H2,1H3,(H,19,22)(H,20,23). The molecule has 5 heteroatoms. The lowest BCUT2D eigenvalue weighted by molar-refractivity contribution is -0.121. The number of aryl methyl sites for hydroxylation is 2. The van der Waals surface area contributed by atoms with Crippen LogP contribution in [0, 0.1) is 0 Å². The van der Waals surface area contributed by atoms with Crippen LogP contribution in [0.5, 0.6) is 5.75 Å². The van der Waals surface area contributed by atoms with Gasteiger partial charge in [-0.05, 0) is 36.1 Å². The lowest BCUT2D eigenvalue weighted by atomic mass is 10.1. The first-order valence-corrected chi connectivity index (χ1v) is 7.55. The molecular formula is C18H20N2O3. The fraction of sp³-hybridized carbons (Fsp3) is 0.222. The number of amides is 2. The van der Waals surface area contributed by atoms with E-state index in [1.165, 1.54) is 17.7 Å². The van der Waals surface area contributed by atoms with Crippen LogP contribution < -0.4 is 10.9 Å². The molecule has 120 valence electrons. The zero-order valence-corrected chi connectivity index (χ0v) is 13.0. The molecule has 2 amide bonds. The van der Waals surface area contributed by atoms with Gasteiger partial charge in [0.15, 0.2) is 0 Å². The number of aromatic hydroxyl groups is 1.